The molecule has 0 bridgehead atoms. The summed E-state index contributed by atoms with van der Waals surface area (Å²) in [5, 5.41) is 25.6. The second kappa shape index (κ2) is 18.1. The fraction of sp³-hybridized carbons (Fsp3) is 0.526. The monoisotopic (exact) mass is 691 g/mol. The number of anilines is 1. The number of benzene rings is 1. The van der Waals surface area contributed by atoms with Crippen LogP contribution in [0, 0.1) is 5.82 Å². The molecule has 0 saturated carbocycles. The van der Waals surface area contributed by atoms with Gasteiger partial charge in [0.2, 0.25) is 5.91 Å². The number of aromatic hydroxyl groups is 1. The molecule has 2 aliphatic rings. The van der Waals surface area contributed by atoms with E-state index in [4.69, 9.17) is 4.74 Å². The van der Waals surface area contributed by atoms with E-state index in [0.29, 0.717) is 61.7 Å². The summed E-state index contributed by atoms with van der Waals surface area (Å²) in [6.07, 6.45) is 11.1. The number of halogens is 1. The lowest BCUT2D eigenvalue weighted by Crippen LogP contribution is -2.45. The average molecular weight is 692 g/mol. The van der Waals surface area contributed by atoms with Crippen LogP contribution in [-0.4, -0.2) is 100 Å². The SMILES string of the molecule is CCC/C=C/C=C(\C=C(/C)NC(=O)CCN1CCN(C)CC1)Nc1cc(-c2cc(O)ccc2F)nnc1C1CCN(C(=O)OC(C)(C)C)CC1. The summed E-state index contributed by atoms with van der Waals surface area (Å²) in [6, 6.07) is 5.55. The molecular weight excluding hydrogens is 637 g/mol. The van der Waals surface area contributed by atoms with E-state index in [1.807, 2.05) is 45.9 Å². The number of hydrogen-bond donors (Lipinski definition) is 3. The van der Waals surface area contributed by atoms with Gasteiger partial charge >= 0.3 is 6.09 Å². The van der Waals surface area contributed by atoms with E-state index < -0.39 is 11.4 Å². The molecule has 3 heterocycles. The van der Waals surface area contributed by atoms with Crippen LogP contribution in [0.5, 0.6) is 5.75 Å². The van der Waals surface area contributed by atoms with Gasteiger partial charge in [0, 0.05) is 75.1 Å². The maximum Gasteiger partial charge on any atom is 0.410 e. The quantitative estimate of drug-likeness (QED) is 0.217. The first-order valence-electron chi connectivity index (χ1n) is 17.7. The molecule has 272 valence electrons. The molecular formula is C38H54FN7O4. The third-order valence-electron chi connectivity index (χ3n) is 8.69. The number of piperazine rings is 1. The Bertz CT molecular complexity index is 1550. The summed E-state index contributed by atoms with van der Waals surface area (Å²) in [5.41, 5.74) is 2.46. The Kier molecular flexibility index (Phi) is 13.9. The number of carbonyl (C=O) groups is 2. The number of rotatable bonds is 12. The zero-order valence-corrected chi connectivity index (χ0v) is 30.5. The Labute approximate surface area is 296 Å². The molecule has 2 saturated heterocycles. The molecule has 12 heteroatoms. The number of allylic oxidation sites excluding steroid dienone is 5. The molecule has 3 N–H and O–H groups in total. The number of likely N-dealkylation sites (tertiary alicyclic amines) is 1. The number of unbranched alkanes of at least 4 members (excludes halogenated alkanes) is 1. The van der Waals surface area contributed by atoms with E-state index in [9.17, 15) is 19.1 Å². The maximum atomic E-state index is 14.9. The van der Waals surface area contributed by atoms with Gasteiger partial charge in [0.15, 0.2) is 0 Å². The Morgan fingerprint density at radius 1 is 1.08 bits per heavy atom. The lowest BCUT2D eigenvalue weighted by atomic mass is 9.92. The van der Waals surface area contributed by atoms with Crippen LogP contribution in [0.2, 0.25) is 0 Å². The topological polar surface area (TPSA) is 123 Å². The molecule has 4 rings (SSSR count). The Morgan fingerprint density at radius 2 is 1.80 bits per heavy atom. The molecule has 1 aromatic heterocycles. The van der Waals surface area contributed by atoms with Crippen LogP contribution >= 0.6 is 0 Å². The van der Waals surface area contributed by atoms with Crippen LogP contribution in [-0.2, 0) is 9.53 Å². The van der Waals surface area contributed by atoms with Crippen LogP contribution in [0.3, 0.4) is 0 Å². The highest BCUT2D eigenvalue weighted by atomic mass is 19.1. The molecule has 2 fully saturated rings. The van der Waals surface area contributed by atoms with Gasteiger partial charge in [-0.25, -0.2) is 9.18 Å². The molecule has 0 unspecified atom stereocenters. The Morgan fingerprint density at radius 3 is 2.48 bits per heavy atom. The summed E-state index contributed by atoms with van der Waals surface area (Å²) in [7, 11) is 2.11. The first-order valence-corrected chi connectivity index (χ1v) is 17.7. The molecule has 2 aromatic rings. The van der Waals surface area contributed by atoms with Gasteiger partial charge in [-0.3, -0.25) is 4.79 Å². The van der Waals surface area contributed by atoms with E-state index in [1.54, 1.807) is 11.0 Å². The first kappa shape index (κ1) is 38.5. The number of nitrogens with one attached hydrogen (secondary N) is 2. The Hall–Kier alpha value is -4.29. The van der Waals surface area contributed by atoms with Gasteiger partial charge in [-0.05, 0) is 90.4 Å². The lowest BCUT2D eigenvalue weighted by molar-refractivity contribution is -0.120. The van der Waals surface area contributed by atoms with E-state index in [0.717, 1.165) is 39.0 Å². The summed E-state index contributed by atoms with van der Waals surface area (Å²) in [5.74, 6) is -0.708. The number of phenolic OH excluding ortho intramolecular Hbond substituents is 1. The number of carbonyl (C=O) groups excluding carboxylic acids is 2. The highest BCUT2D eigenvalue weighted by molar-refractivity contribution is 5.78. The van der Waals surface area contributed by atoms with Gasteiger partial charge in [-0.15, -0.1) is 5.10 Å². The van der Waals surface area contributed by atoms with Crippen LogP contribution < -0.4 is 10.6 Å². The minimum atomic E-state index is -0.586. The number of aromatic nitrogens is 2. The van der Waals surface area contributed by atoms with Crippen molar-refractivity contribution in [2.75, 3.05) is 58.2 Å². The lowest BCUT2D eigenvalue weighted by Gasteiger charge is -2.33. The molecule has 1 aromatic carbocycles. The van der Waals surface area contributed by atoms with Crippen molar-refractivity contribution in [3.63, 3.8) is 0 Å². The van der Waals surface area contributed by atoms with Crippen molar-refractivity contribution in [1.82, 2.24) is 30.2 Å². The molecule has 0 aliphatic carbocycles. The van der Waals surface area contributed by atoms with Crippen molar-refractivity contribution in [3.8, 4) is 17.0 Å². The highest BCUT2D eigenvalue weighted by Gasteiger charge is 2.30. The maximum absolute atomic E-state index is 14.9. The van der Waals surface area contributed by atoms with Crippen LogP contribution in [0.25, 0.3) is 11.3 Å². The summed E-state index contributed by atoms with van der Waals surface area (Å²) < 4.78 is 20.5. The smallest absolute Gasteiger partial charge is 0.410 e. The largest absolute Gasteiger partial charge is 0.508 e. The minimum absolute atomic E-state index is 0.0389. The molecule has 11 nitrogen and oxygen atoms in total. The van der Waals surface area contributed by atoms with E-state index in [-0.39, 0.29) is 34.9 Å². The molecule has 0 radical (unpaired) electrons. The molecule has 0 spiro atoms. The van der Waals surface area contributed by atoms with Crippen molar-refractivity contribution in [2.45, 2.75) is 78.2 Å². The number of phenols is 1. The zero-order valence-electron chi connectivity index (χ0n) is 30.5. The van der Waals surface area contributed by atoms with Crippen molar-refractivity contribution in [2.24, 2.45) is 0 Å². The number of likely N-dealkylation sites (N-methyl/N-ethyl adjacent to an activating group) is 1. The van der Waals surface area contributed by atoms with Crippen LogP contribution in [0.4, 0.5) is 14.9 Å². The predicted octanol–water partition coefficient (Wildman–Crippen LogP) is 6.41. The fourth-order valence-electron chi connectivity index (χ4n) is 5.90. The van der Waals surface area contributed by atoms with Gasteiger partial charge in [0.25, 0.3) is 0 Å². The molecule has 50 heavy (non-hydrogen) atoms. The molecule has 0 atom stereocenters. The average Bonchev–Trinajstić information content (AvgIpc) is 3.06. The Balaban J connectivity index is 1.59. The van der Waals surface area contributed by atoms with Crippen molar-refractivity contribution in [3.05, 3.63) is 71.5 Å². The predicted molar refractivity (Wildman–Crippen MR) is 195 cm³/mol. The van der Waals surface area contributed by atoms with Gasteiger partial charge in [0.1, 0.15) is 17.2 Å². The summed E-state index contributed by atoms with van der Waals surface area (Å²) in [4.78, 5) is 32.0. The molecule has 2 amide bonds. The van der Waals surface area contributed by atoms with Crippen LogP contribution in [0.15, 0.2) is 60.0 Å². The number of ether oxygens (including phenoxy) is 1. The van der Waals surface area contributed by atoms with Crippen molar-refractivity contribution in [1.29, 1.82) is 0 Å². The summed E-state index contributed by atoms with van der Waals surface area (Å²) >= 11 is 0. The zero-order chi connectivity index (χ0) is 36.3. The van der Waals surface area contributed by atoms with Crippen LogP contribution in [0.1, 0.15) is 78.3 Å². The number of piperidine rings is 1. The fourth-order valence-corrected chi connectivity index (χ4v) is 5.90. The number of hydrogen-bond acceptors (Lipinski definition) is 9. The number of amides is 2. The third-order valence-corrected chi connectivity index (χ3v) is 8.69. The minimum Gasteiger partial charge on any atom is -0.508 e. The van der Waals surface area contributed by atoms with E-state index in [2.05, 4.69) is 50.7 Å². The normalized spacial score (nSPS) is 17.3. The van der Waals surface area contributed by atoms with Gasteiger partial charge < -0.3 is 35.2 Å². The second-order valence-electron chi connectivity index (χ2n) is 14.2. The standard InChI is InChI=1S/C38H54FN7O4/c1-7-8-9-10-11-29(24-27(2)40-35(48)16-17-45-22-20-44(6)21-23-45)41-34-26-33(31-25-30(47)12-13-32(31)39)42-43-36(34)28-14-18-46(19-15-28)37(49)50-38(3,4)5/h9-13,24-26,28,47H,7-8,14-23H2,1-6H3,(H,40,48)(H,41,42)/b10-9+,27-24+,29-11+. The highest BCUT2D eigenvalue weighted by Crippen LogP contribution is 2.35. The van der Waals surface area contributed by atoms with Crippen molar-refractivity contribution < 1.29 is 23.8 Å². The van der Waals surface area contributed by atoms with Crippen molar-refractivity contribution >= 4 is 17.7 Å². The first-order chi connectivity index (χ1) is 23.8. The van der Waals surface area contributed by atoms with E-state index in [1.165, 1.54) is 18.2 Å². The van der Waals surface area contributed by atoms with Gasteiger partial charge in [-0.1, -0.05) is 25.5 Å². The summed E-state index contributed by atoms with van der Waals surface area (Å²) in [6.45, 7) is 15.1. The second-order valence-corrected chi connectivity index (χ2v) is 14.2. The molecule has 2 aliphatic heterocycles. The van der Waals surface area contributed by atoms with E-state index >= 15 is 0 Å². The van der Waals surface area contributed by atoms with Gasteiger partial charge in [-0.2, -0.15) is 5.10 Å². The number of nitrogens with zero attached hydrogens (tertiary/aromatic N) is 5. The third kappa shape index (κ3) is 11.9. The van der Waals surface area contributed by atoms with Gasteiger partial charge in [0.05, 0.1) is 17.1 Å².